The number of carbonyl (C=O) groups excluding carboxylic acids is 2. The van der Waals surface area contributed by atoms with Crippen LogP contribution in [0.3, 0.4) is 0 Å². The van der Waals surface area contributed by atoms with Crippen LogP contribution in [0.1, 0.15) is 33.3 Å². The van der Waals surface area contributed by atoms with Gasteiger partial charge in [0.25, 0.3) is 5.91 Å². The molecule has 0 fully saturated rings. The zero-order chi connectivity index (χ0) is 19.8. The molecule has 2 aromatic heterocycles. The largest absolute Gasteiger partial charge is 0.462 e. The molecule has 8 heteroatoms. The molecule has 0 aliphatic carbocycles. The molecular weight excluding hydrogens is 358 g/mol. The maximum Gasteiger partial charge on any atom is 0.338 e. The molecule has 0 saturated carbocycles. The van der Waals surface area contributed by atoms with Crippen molar-refractivity contribution in [2.24, 2.45) is 0 Å². The first-order chi connectivity index (χ1) is 13.7. The Kier molecular flexibility index (Phi) is 6.25. The fourth-order valence-electron chi connectivity index (χ4n) is 2.33. The highest BCUT2D eigenvalue weighted by molar-refractivity contribution is 6.03. The molecule has 0 aliphatic rings. The van der Waals surface area contributed by atoms with E-state index in [4.69, 9.17) is 4.74 Å². The number of carbonyl (C=O) groups is 2. The minimum absolute atomic E-state index is 0.182. The van der Waals surface area contributed by atoms with Gasteiger partial charge >= 0.3 is 5.97 Å². The second-order valence-electron chi connectivity index (χ2n) is 5.75. The molecule has 8 nitrogen and oxygen atoms in total. The van der Waals surface area contributed by atoms with E-state index in [1.165, 1.54) is 12.4 Å². The molecule has 2 N–H and O–H groups in total. The quantitative estimate of drug-likeness (QED) is 0.610. The topological polar surface area (TPSA) is 106 Å². The number of ether oxygens (including phenoxy) is 1. The number of anilines is 2. The molecule has 1 aromatic carbocycles. The van der Waals surface area contributed by atoms with Crippen LogP contribution >= 0.6 is 0 Å². The van der Waals surface area contributed by atoms with Crippen LogP contribution in [0.15, 0.2) is 61.2 Å². The molecule has 28 heavy (non-hydrogen) atoms. The van der Waals surface area contributed by atoms with Gasteiger partial charge in [0.2, 0.25) is 0 Å². The molecule has 0 aliphatic heterocycles. The molecule has 1 amide bonds. The monoisotopic (exact) mass is 377 g/mol. The highest BCUT2D eigenvalue weighted by atomic mass is 16.5. The first-order valence-electron chi connectivity index (χ1n) is 8.69. The van der Waals surface area contributed by atoms with E-state index in [1.54, 1.807) is 43.6 Å². The van der Waals surface area contributed by atoms with Gasteiger partial charge in [-0.25, -0.2) is 14.8 Å². The minimum atomic E-state index is -0.402. The molecule has 3 aromatic rings. The lowest BCUT2D eigenvalue weighted by Crippen LogP contribution is -2.14. The van der Waals surface area contributed by atoms with E-state index in [-0.39, 0.29) is 5.69 Å². The molecular formula is C20H19N5O3. The number of nitrogens with zero attached hydrogens (tertiary/aromatic N) is 3. The SMILES string of the molecule is CCOC(=O)c1ccc(NC(=O)c2cnc(NCc3cccnc3)cn2)cc1. The predicted molar refractivity (Wildman–Crippen MR) is 104 cm³/mol. The van der Waals surface area contributed by atoms with E-state index >= 15 is 0 Å². The lowest BCUT2D eigenvalue weighted by Gasteiger charge is -2.07. The molecule has 0 atom stereocenters. The maximum atomic E-state index is 12.3. The van der Waals surface area contributed by atoms with Gasteiger partial charge in [-0.15, -0.1) is 0 Å². The van der Waals surface area contributed by atoms with E-state index in [2.05, 4.69) is 25.6 Å². The Morgan fingerprint density at radius 3 is 2.50 bits per heavy atom. The molecule has 142 valence electrons. The van der Waals surface area contributed by atoms with Gasteiger partial charge in [-0.05, 0) is 42.8 Å². The van der Waals surface area contributed by atoms with Crippen molar-refractivity contribution in [1.82, 2.24) is 15.0 Å². The van der Waals surface area contributed by atoms with Crippen molar-refractivity contribution >= 4 is 23.4 Å². The summed E-state index contributed by atoms with van der Waals surface area (Å²) in [6.07, 6.45) is 6.36. The van der Waals surface area contributed by atoms with Crippen LogP contribution in [0, 0.1) is 0 Å². The van der Waals surface area contributed by atoms with Crippen LogP contribution in [0.5, 0.6) is 0 Å². The number of esters is 1. The molecule has 0 radical (unpaired) electrons. The van der Waals surface area contributed by atoms with E-state index in [1.807, 2.05) is 12.1 Å². The molecule has 0 bridgehead atoms. The summed E-state index contributed by atoms with van der Waals surface area (Å²) in [6.45, 7) is 2.61. The van der Waals surface area contributed by atoms with Crippen LogP contribution in [0.4, 0.5) is 11.5 Å². The smallest absolute Gasteiger partial charge is 0.338 e. The van der Waals surface area contributed by atoms with Gasteiger partial charge in [-0.3, -0.25) is 9.78 Å². The van der Waals surface area contributed by atoms with Gasteiger partial charge in [0.15, 0.2) is 0 Å². The van der Waals surface area contributed by atoms with Crippen LogP contribution in [-0.2, 0) is 11.3 Å². The molecule has 0 spiro atoms. The Morgan fingerprint density at radius 1 is 1.04 bits per heavy atom. The average molecular weight is 377 g/mol. The van der Waals surface area contributed by atoms with Gasteiger partial charge in [-0.1, -0.05) is 6.07 Å². The number of pyridine rings is 1. The maximum absolute atomic E-state index is 12.3. The Morgan fingerprint density at radius 2 is 1.86 bits per heavy atom. The number of hydrogen-bond donors (Lipinski definition) is 2. The highest BCUT2D eigenvalue weighted by Crippen LogP contribution is 2.12. The van der Waals surface area contributed by atoms with Crippen LogP contribution < -0.4 is 10.6 Å². The zero-order valence-electron chi connectivity index (χ0n) is 15.3. The molecule has 3 rings (SSSR count). The van der Waals surface area contributed by atoms with Crippen molar-refractivity contribution in [3.8, 4) is 0 Å². The number of nitrogens with one attached hydrogen (secondary N) is 2. The number of aromatic nitrogens is 3. The Balaban J connectivity index is 1.56. The minimum Gasteiger partial charge on any atom is -0.462 e. The molecule has 0 unspecified atom stereocenters. The lowest BCUT2D eigenvalue weighted by atomic mass is 10.2. The van der Waals surface area contributed by atoms with Gasteiger partial charge < -0.3 is 15.4 Å². The summed E-state index contributed by atoms with van der Waals surface area (Å²) in [5.41, 5.74) is 2.15. The third-order valence-corrected chi connectivity index (χ3v) is 3.73. The number of hydrogen-bond acceptors (Lipinski definition) is 7. The third-order valence-electron chi connectivity index (χ3n) is 3.73. The summed E-state index contributed by atoms with van der Waals surface area (Å²) < 4.78 is 4.92. The van der Waals surface area contributed by atoms with E-state index in [0.29, 0.717) is 30.2 Å². The summed E-state index contributed by atoms with van der Waals surface area (Å²) in [4.78, 5) is 36.3. The number of benzene rings is 1. The van der Waals surface area contributed by atoms with Gasteiger partial charge in [0, 0.05) is 24.6 Å². The van der Waals surface area contributed by atoms with E-state index in [9.17, 15) is 9.59 Å². The predicted octanol–water partition coefficient (Wildman–Crippen LogP) is 2.91. The molecule has 0 saturated heterocycles. The zero-order valence-corrected chi connectivity index (χ0v) is 15.3. The van der Waals surface area contributed by atoms with Crippen molar-refractivity contribution in [1.29, 1.82) is 0 Å². The van der Waals surface area contributed by atoms with Crippen molar-refractivity contribution < 1.29 is 14.3 Å². The Labute approximate surface area is 162 Å². The normalized spacial score (nSPS) is 10.2. The molecule has 2 heterocycles. The third kappa shape index (κ3) is 5.10. The average Bonchev–Trinajstić information content (AvgIpc) is 2.74. The first kappa shape index (κ1) is 19.0. The van der Waals surface area contributed by atoms with Gasteiger partial charge in [0.1, 0.15) is 11.5 Å². The number of amides is 1. The van der Waals surface area contributed by atoms with E-state index in [0.717, 1.165) is 5.56 Å². The fourth-order valence-corrected chi connectivity index (χ4v) is 2.33. The van der Waals surface area contributed by atoms with Crippen molar-refractivity contribution in [3.05, 3.63) is 78.0 Å². The van der Waals surface area contributed by atoms with Crippen LogP contribution in [0.25, 0.3) is 0 Å². The summed E-state index contributed by atoms with van der Waals surface area (Å²) in [6, 6.07) is 10.2. The van der Waals surface area contributed by atoms with Crippen LogP contribution in [-0.4, -0.2) is 33.4 Å². The Hall–Kier alpha value is -3.81. The van der Waals surface area contributed by atoms with Crippen LogP contribution in [0.2, 0.25) is 0 Å². The fraction of sp³-hybridized carbons (Fsp3) is 0.150. The summed E-state index contributed by atoms with van der Waals surface area (Å²) in [5.74, 6) is -0.241. The second-order valence-corrected chi connectivity index (χ2v) is 5.75. The second kappa shape index (κ2) is 9.22. The summed E-state index contributed by atoms with van der Waals surface area (Å²) in [5, 5.41) is 5.83. The van der Waals surface area contributed by atoms with Crippen molar-refractivity contribution in [3.63, 3.8) is 0 Å². The van der Waals surface area contributed by atoms with Gasteiger partial charge in [0.05, 0.1) is 24.6 Å². The van der Waals surface area contributed by atoms with Gasteiger partial charge in [-0.2, -0.15) is 0 Å². The highest BCUT2D eigenvalue weighted by Gasteiger charge is 2.10. The van der Waals surface area contributed by atoms with E-state index < -0.39 is 11.9 Å². The summed E-state index contributed by atoms with van der Waals surface area (Å²) >= 11 is 0. The lowest BCUT2D eigenvalue weighted by molar-refractivity contribution is 0.0526. The standard InChI is InChI=1S/C20H19N5O3/c1-2-28-20(27)15-5-7-16(8-6-15)25-19(26)17-12-24-18(13-22-17)23-11-14-4-3-9-21-10-14/h3-10,12-13H,2,11H2,1H3,(H,23,24)(H,25,26). The van der Waals surface area contributed by atoms with Crippen molar-refractivity contribution in [2.75, 3.05) is 17.2 Å². The summed E-state index contributed by atoms with van der Waals surface area (Å²) in [7, 11) is 0. The number of rotatable bonds is 7. The first-order valence-corrected chi connectivity index (χ1v) is 8.69. The Bertz CT molecular complexity index is 928. The van der Waals surface area contributed by atoms with Crippen molar-refractivity contribution in [2.45, 2.75) is 13.5 Å².